The van der Waals surface area contributed by atoms with Crippen molar-refractivity contribution >= 4 is 21.7 Å². The number of rotatable bonds is 5. The van der Waals surface area contributed by atoms with Crippen molar-refractivity contribution in [2.24, 2.45) is 0 Å². The number of nitrogens with one attached hydrogen (secondary N) is 2. The number of nitrogens with zero attached hydrogens (tertiary/aromatic N) is 2. The van der Waals surface area contributed by atoms with E-state index in [9.17, 15) is 13.2 Å². The van der Waals surface area contributed by atoms with E-state index in [1.54, 1.807) is 4.68 Å². The van der Waals surface area contributed by atoms with Crippen molar-refractivity contribution in [2.75, 3.05) is 16.8 Å². The Morgan fingerprint density at radius 1 is 1.25 bits per heavy atom. The standard InChI is InChI=1S/C20H26N4O3S/c1-13-5-3-4-6-17(13)14(2)21-20(25)22-19-11-18(15-7-8-15)23-24(19)16-9-10-28(26,27)12-16/h3-6,11,14-16H,7-10,12H2,1-2H3,(H2,21,22,25)/t14-,16-/m1/s1. The Balaban J connectivity index is 1.50. The summed E-state index contributed by atoms with van der Waals surface area (Å²) in [4.78, 5) is 12.6. The molecule has 1 aliphatic carbocycles. The van der Waals surface area contributed by atoms with Gasteiger partial charge in [0, 0.05) is 12.0 Å². The summed E-state index contributed by atoms with van der Waals surface area (Å²) in [5.41, 5.74) is 3.12. The van der Waals surface area contributed by atoms with Crippen molar-refractivity contribution in [1.29, 1.82) is 0 Å². The van der Waals surface area contributed by atoms with Crippen LogP contribution in [-0.2, 0) is 9.84 Å². The Labute approximate surface area is 165 Å². The van der Waals surface area contributed by atoms with Crippen LogP contribution in [0.1, 0.15) is 61.0 Å². The minimum atomic E-state index is -3.03. The Kier molecular flexibility index (Phi) is 4.91. The molecule has 8 heteroatoms. The highest BCUT2D eigenvalue weighted by Crippen LogP contribution is 2.41. The maximum atomic E-state index is 12.6. The van der Waals surface area contributed by atoms with Crippen LogP contribution < -0.4 is 10.6 Å². The van der Waals surface area contributed by atoms with E-state index in [-0.39, 0.29) is 29.6 Å². The van der Waals surface area contributed by atoms with Gasteiger partial charge in [-0.3, -0.25) is 5.32 Å². The molecule has 4 rings (SSSR count). The molecule has 150 valence electrons. The van der Waals surface area contributed by atoms with Gasteiger partial charge in [0.05, 0.1) is 29.3 Å². The number of carbonyl (C=O) groups excluding carboxylic acids is 1. The van der Waals surface area contributed by atoms with Crippen LogP contribution in [0.4, 0.5) is 10.6 Å². The number of aryl methyl sites for hydroxylation is 1. The summed E-state index contributed by atoms with van der Waals surface area (Å²) in [5.74, 6) is 1.24. The fraction of sp³-hybridized carbons (Fsp3) is 0.500. The molecule has 0 bridgehead atoms. The normalized spacial score (nSPS) is 22.0. The number of benzene rings is 1. The summed E-state index contributed by atoms with van der Waals surface area (Å²) in [5, 5.41) is 10.5. The third-order valence-electron chi connectivity index (χ3n) is 5.55. The van der Waals surface area contributed by atoms with Gasteiger partial charge in [0.2, 0.25) is 0 Å². The molecule has 2 aromatic rings. The number of amides is 2. The van der Waals surface area contributed by atoms with Gasteiger partial charge in [0.25, 0.3) is 0 Å². The Morgan fingerprint density at radius 3 is 2.64 bits per heavy atom. The van der Waals surface area contributed by atoms with Crippen LogP contribution in [0.25, 0.3) is 0 Å². The van der Waals surface area contributed by atoms with Crippen LogP contribution in [0.3, 0.4) is 0 Å². The Bertz CT molecular complexity index is 995. The van der Waals surface area contributed by atoms with Gasteiger partial charge in [-0.05, 0) is 44.2 Å². The molecule has 2 N–H and O–H groups in total. The number of urea groups is 1. The van der Waals surface area contributed by atoms with Gasteiger partial charge in [0.15, 0.2) is 9.84 Å². The Morgan fingerprint density at radius 2 is 2.00 bits per heavy atom. The molecule has 0 unspecified atom stereocenters. The van der Waals surface area contributed by atoms with Crippen LogP contribution in [0.5, 0.6) is 0 Å². The first-order valence-corrected chi connectivity index (χ1v) is 11.6. The third-order valence-corrected chi connectivity index (χ3v) is 7.30. The molecule has 2 amide bonds. The second-order valence-corrected chi connectivity index (χ2v) is 10.1. The smallest absolute Gasteiger partial charge is 0.320 e. The largest absolute Gasteiger partial charge is 0.331 e. The minimum absolute atomic E-state index is 0.0781. The first-order chi connectivity index (χ1) is 13.3. The van der Waals surface area contributed by atoms with E-state index in [4.69, 9.17) is 0 Å². The lowest BCUT2D eigenvalue weighted by atomic mass is 10.0. The van der Waals surface area contributed by atoms with Crippen LogP contribution >= 0.6 is 0 Å². The number of anilines is 1. The summed E-state index contributed by atoms with van der Waals surface area (Å²) < 4.78 is 25.5. The monoisotopic (exact) mass is 402 g/mol. The van der Waals surface area contributed by atoms with Crippen molar-refractivity contribution in [3.05, 3.63) is 47.2 Å². The van der Waals surface area contributed by atoms with Crippen molar-refractivity contribution in [3.8, 4) is 0 Å². The van der Waals surface area contributed by atoms with Gasteiger partial charge in [-0.1, -0.05) is 24.3 Å². The van der Waals surface area contributed by atoms with Gasteiger partial charge in [-0.2, -0.15) is 5.10 Å². The lowest BCUT2D eigenvalue weighted by Crippen LogP contribution is -2.32. The second-order valence-electron chi connectivity index (χ2n) is 7.91. The van der Waals surface area contributed by atoms with Crippen molar-refractivity contribution in [3.63, 3.8) is 0 Å². The number of hydrogen-bond donors (Lipinski definition) is 2. The molecule has 1 saturated carbocycles. The summed E-state index contributed by atoms with van der Waals surface area (Å²) in [7, 11) is -3.03. The zero-order chi connectivity index (χ0) is 19.9. The van der Waals surface area contributed by atoms with Gasteiger partial charge in [0.1, 0.15) is 5.82 Å². The van der Waals surface area contributed by atoms with Crippen LogP contribution in [0.15, 0.2) is 30.3 Å². The van der Waals surface area contributed by atoms with Gasteiger partial charge in [-0.25, -0.2) is 17.9 Å². The molecule has 0 spiro atoms. The fourth-order valence-corrected chi connectivity index (χ4v) is 5.52. The highest BCUT2D eigenvalue weighted by Gasteiger charge is 2.34. The molecule has 28 heavy (non-hydrogen) atoms. The average molecular weight is 403 g/mol. The van der Waals surface area contributed by atoms with Crippen molar-refractivity contribution in [2.45, 2.75) is 51.1 Å². The van der Waals surface area contributed by atoms with E-state index >= 15 is 0 Å². The van der Waals surface area contributed by atoms with E-state index < -0.39 is 9.84 Å². The van der Waals surface area contributed by atoms with E-state index in [1.165, 1.54) is 0 Å². The zero-order valence-corrected chi connectivity index (χ0v) is 17.0. The SMILES string of the molecule is Cc1ccccc1[C@@H](C)NC(=O)Nc1cc(C2CC2)nn1[C@@H]1CCS(=O)(=O)C1. The second kappa shape index (κ2) is 7.24. The number of sulfone groups is 1. The van der Waals surface area contributed by atoms with Crippen molar-refractivity contribution in [1.82, 2.24) is 15.1 Å². The predicted molar refractivity (Wildman–Crippen MR) is 108 cm³/mol. The van der Waals surface area contributed by atoms with E-state index in [0.29, 0.717) is 18.2 Å². The summed E-state index contributed by atoms with van der Waals surface area (Å²) >= 11 is 0. The molecule has 1 aliphatic heterocycles. The fourth-order valence-electron chi connectivity index (χ4n) is 3.83. The highest BCUT2D eigenvalue weighted by atomic mass is 32.2. The first-order valence-electron chi connectivity index (χ1n) is 9.75. The molecular weight excluding hydrogens is 376 g/mol. The van der Waals surface area contributed by atoms with E-state index in [2.05, 4.69) is 15.7 Å². The first kappa shape index (κ1) is 19.0. The van der Waals surface area contributed by atoms with E-state index in [1.807, 2.05) is 44.2 Å². The summed E-state index contributed by atoms with van der Waals surface area (Å²) in [6.07, 6.45) is 2.72. The maximum absolute atomic E-state index is 12.6. The molecule has 2 aliphatic rings. The van der Waals surface area contributed by atoms with Crippen LogP contribution in [-0.4, -0.2) is 35.7 Å². The topological polar surface area (TPSA) is 93.1 Å². The molecule has 1 saturated heterocycles. The highest BCUT2D eigenvalue weighted by molar-refractivity contribution is 7.91. The maximum Gasteiger partial charge on any atom is 0.320 e. The van der Waals surface area contributed by atoms with Crippen LogP contribution in [0.2, 0.25) is 0 Å². The Hall–Kier alpha value is -2.35. The molecule has 7 nitrogen and oxygen atoms in total. The predicted octanol–water partition coefficient (Wildman–Crippen LogP) is 3.31. The van der Waals surface area contributed by atoms with Gasteiger partial charge in [-0.15, -0.1) is 0 Å². The lowest BCUT2D eigenvalue weighted by Gasteiger charge is -2.18. The molecule has 2 heterocycles. The molecule has 2 fully saturated rings. The lowest BCUT2D eigenvalue weighted by molar-refractivity contribution is 0.249. The number of carbonyl (C=O) groups is 1. The van der Waals surface area contributed by atoms with Gasteiger partial charge >= 0.3 is 6.03 Å². The quantitative estimate of drug-likeness (QED) is 0.802. The average Bonchev–Trinajstić information content (AvgIpc) is 3.30. The third kappa shape index (κ3) is 4.06. The molecular formula is C20H26N4O3S. The van der Waals surface area contributed by atoms with Crippen LogP contribution in [0, 0.1) is 6.92 Å². The van der Waals surface area contributed by atoms with Crippen molar-refractivity contribution < 1.29 is 13.2 Å². The molecule has 2 atom stereocenters. The minimum Gasteiger partial charge on any atom is -0.331 e. The number of aromatic nitrogens is 2. The summed E-state index contributed by atoms with van der Waals surface area (Å²) in [6.45, 7) is 3.96. The van der Waals surface area contributed by atoms with Gasteiger partial charge < -0.3 is 5.32 Å². The van der Waals surface area contributed by atoms with E-state index in [0.717, 1.165) is 29.7 Å². The zero-order valence-electron chi connectivity index (χ0n) is 16.2. The summed E-state index contributed by atoms with van der Waals surface area (Å²) in [6, 6.07) is 9.15. The molecule has 1 aromatic heterocycles. The number of hydrogen-bond acceptors (Lipinski definition) is 4. The molecule has 0 radical (unpaired) electrons. The molecule has 1 aromatic carbocycles.